The van der Waals surface area contributed by atoms with Gasteiger partial charge in [0.05, 0.1) is 16.2 Å². The van der Waals surface area contributed by atoms with Gasteiger partial charge < -0.3 is 5.32 Å². The third kappa shape index (κ3) is 3.43. The number of nitro benzene ring substituents is 1. The number of nitriles is 1. The van der Waals surface area contributed by atoms with Crippen molar-refractivity contribution >= 4 is 33.2 Å². The Bertz CT molecular complexity index is 751. The van der Waals surface area contributed by atoms with Crippen LogP contribution in [-0.2, 0) is 0 Å². The molecule has 0 heterocycles. The molecular formula is C14H8BrN3O3. The monoisotopic (exact) mass is 345 g/mol. The number of nitrogens with zero attached hydrogens (tertiary/aromatic N) is 2. The van der Waals surface area contributed by atoms with Gasteiger partial charge in [0.2, 0.25) is 0 Å². The predicted octanol–water partition coefficient (Wildman–Crippen LogP) is 3.48. The summed E-state index contributed by atoms with van der Waals surface area (Å²) in [5.41, 5.74) is 0.875. The van der Waals surface area contributed by atoms with Gasteiger partial charge in [-0.25, -0.2) is 0 Å². The van der Waals surface area contributed by atoms with Gasteiger partial charge in [0.15, 0.2) is 0 Å². The Morgan fingerprint density at radius 3 is 2.48 bits per heavy atom. The molecule has 0 saturated carbocycles. The van der Waals surface area contributed by atoms with Crippen LogP contribution in [0.5, 0.6) is 0 Å². The van der Waals surface area contributed by atoms with Crippen molar-refractivity contribution in [1.29, 1.82) is 5.26 Å². The Balaban J connectivity index is 2.24. The Morgan fingerprint density at radius 1 is 1.24 bits per heavy atom. The van der Waals surface area contributed by atoms with Crippen LogP contribution in [0.15, 0.2) is 46.9 Å². The first-order valence-electron chi connectivity index (χ1n) is 5.76. The van der Waals surface area contributed by atoms with Crippen molar-refractivity contribution in [3.63, 3.8) is 0 Å². The molecule has 21 heavy (non-hydrogen) atoms. The average molecular weight is 346 g/mol. The third-order valence-corrected chi connectivity index (χ3v) is 3.18. The molecule has 6 nitrogen and oxygen atoms in total. The Labute approximate surface area is 128 Å². The van der Waals surface area contributed by atoms with Gasteiger partial charge in [0.25, 0.3) is 11.6 Å². The highest BCUT2D eigenvalue weighted by Gasteiger charge is 2.11. The first-order valence-corrected chi connectivity index (χ1v) is 6.56. The second-order valence-corrected chi connectivity index (χ2v) is 4.98. The normalized spacial score (nSPS) is 9.71. The van der Waals surface area contributed by atoms with Gasteiger partial charge in [0.1, 0.15) is 6.07 Å². The van der Waals surface area contributed by atoms with Gasteiger partial charge >= 0.3 is 0 Å². The van der Waals surface area contributed by atoms with Crippen molar-refractivity contribution in [3.8, 4) is 6.07 Å². The zero-order valence-electron chi connectivity index (χ0n) is 10.5. The minimum absolute atomic E-state index is 0.0910. The van der Waals surface area contributed by atoms with Crippen LogP contribution >= 0.6 is 15.9 Å². The Hall–Kier alpha value is -2.72. The summed E-state index contributed by atoms with van der Waals surface area (Å²) in [7, 11) is 0. The zero-order chi connectivity index (χ0) is 15.4. The van der Waals surface area contributed by atoms with Crippen LogP contribution in [0, 0.1) is 21.4 Å². The molecule has 1 amide bonds. The molecule has 0 aliphatic heterocycles. The largest absolute Gasteiger partial charge is 0.321 e. The summed E-state index contributed by atoms with van der Waals surface area (Å²) in [5.74, 6) is -0.445. The van der Waals surface area contributed by atoms with E-state index in [0.29, 0.717) is 11.3 Å². The number of non-ortho nitro benzene ring substituents is 1. The molecule has 0 radical (unpaired) electrons. The Morgan fingerprint density at radius 2 is 1.90 bits per heavy atom. The molecule has 0 atom stereocenters. The summed E-state index contributed by atoms with van der Waals surface area (Å²) in [4.78, 5) is 22.1. The lowest BCUT2D eigenvalue weighted by atomic mass is 10.1. The van der Waals surface area contributed by atoms with E-state index in [0.717, 1.165) is 4.47 Å². The lowest BCUT2D eigenvalue weighted by molar-refractivity contribution is -0.384. The number of hydrogen-bond acceptors (Lipinski definition) is 4. The fraction of sp³-hybridized carbons (Fsp3) is 0. The minimum Gasteiger partial charge on any atom is -0.321 e. The Kier molecular flexibility index (Phi) is 4.30. The standard InChI is InChI=1S/C14H8BrN3O3/c15-11-4-1-10(8-16)13(7-11)17-14(19)9-2-5-12(6-3-9)18(20)21/h1-7H,(H,17,19). The molecule has 104 valence electrons. The number of benzene rings is 2. The number of anilines is 1. The third-order valence-electron chi connectivity index (χ3n) is 2.69. The summed E-state index contributed by atoms with van der Waals surface area (Å²) in [5, 5.41) is 22.2. The summed E-state index contributed by atoms with van der Waals surface area (Å²) >= 11 is 3.26. The second-order valence-electron chi connectivity index (χ2n) is 4.06. The van der Waals surface area contributed by atoms with Crippen LogP contribution in [0.3, 0.4) is 0 Å². The summed E-state index contributed by atoms with van der Waals surface area (Å²) in [6, 6.07) is 12.1. The van der Waals surface area contributed by atoms with Gasteiger partial charge in [0, 0.05) is 22.2 Å². The van der Waals surface area contributed by atoms with E-state index in [-0.39, 0.29) is 11.3 Å². The van der Waals surface area contributed by atoms with E-state index < -0.39 is 10.8 Å². The van der Waals surface area contributed by atoms with Crippen LogP contribution in [-0.4, -0.2) is 10.8 Å². The highest BCUT2D eigenvalue weighted by molar-refractivity contribution is 9.10. The predicted molar refractivity (Wildman–Crippen MR) is 79.9 cm³/mol. The number of rotatable bonds is 3. The van der Waals surface area contributed by atoms with Gasteiger partial charge in [-0.15, -0.1) is 0 Å². The van der Waals surface area contributed by atoms with Gasteiger partial charge in [-0.2, -0.15) is 5.26 Å². The molecule has 2 rings (SSSR count). The van der Waals surface area contributed by atoms with Gasteiger partial charge in [-0.05, 0) is 30.3 Å². The molecule has 0 spiro atoms. The molecule has 0 aliphatic carbocycles. The van der Waals surface area contributed by atoms with Crippen molar-refractivity contribution in [2.24, 2.45) is 0 Å². The fourth-order valence-corrected chi connectivity index (χ4v) is 2.01. The molecule has 0 unspecified atom stereocenters. The molecular weight excluding hydrogens is 338 g/mol. The zero-order valence-corrected chi connectivity index (χ0v) is 12.1. The van der Waals surface area contributed by atoms with Crippen molar-refractivity contribution in [2.45, 2.75) is 0 Å². The van der Waals surface area contributed by atoms with Crippen LogP contribution in [0.25, 0.3) is 0 Å². The topological polar surface area (TPSA) is 96.0 Å². The van der Waals surface area contributed by atoms with Crippen molar-refractivity contribution in [3.05, 3.63) is 68.2 Å². The van der Waals surface area contributed by atoms with E-state index >= 15 is 0 Å². The second kappa shape index (κ2) is 6.15. The van der Waals surface area contributed by atoms with Crippen molar-refractivity contribution < 1.29 is 9.72 Å². The van der Waals surface area contributed by atoms with Crippen molar-refractivity contribution in [1.82, 2.24) is 0 Å². The molecule has 0 bridgehead atoms. The van der Waals surface area contributed by atoms with E-state index in [1.165, 1.54) is 24.3 Å². The molecule has 0 aromatic heterocycles. The number of carbonyl (C=O) groups excluding carboxylic acids is 1. The molecule has 7 heteroatoms. The molecule has 2 aromatic carbocycles. The minimum atomic E-state index is -0.538. The molecule has 0 saturated heterocycles. The van der Waals surface area contributed by atoms with Crippen LogP contribution in [0.4, 0.5) is 11.4 Å². The maximum atomic E-state index is 12.1. The van der Waals surface area contributed by atoms with Gasteiger partial charge in [-0.1, -0.05) is 15.9 Å². The summed E-state index contributed by atoms with van der Waals surface area (Å²) < 4.78 is 0.723. The summed E-state index contributed by atoms with van der Waals surface area (Å²) in [6.45, 7) is 0. The van der Waals surface area contributed by atoms with Gasteiger partial charge in [-0.3, -0.25) is 14.9 Å². The van der Waals surface area contributed by atoms with Crippen molar-refractivity contribution in [2.75, 3.05) is 5.32 Å². The van der Waals surface area contributed by atoms with Crippen LogP contribution in [0.1, 0.15) is 15.9 Å². The van der Waals surface area contributed by atoms with E-state index in [1.54, 1.807) is 18.2 Å². The lowest BCUT2D eigenvalue weighted by Gasteiger charge is -2.07. The highest BCUT2D eigenvalue weighted by Crippen LogP contribution is 2.22. The quantitative estimate of drug-likeness (QED) is 0.680. The van der Waals surface area contributed by atoms with Crippen LogP contribution < -0.4 is 5.32 Å². The average Bonchev–Trinajstić information content (AvgIpc) is 2.47. The molecule has 0 fully saturated rings. The van der Waals surface area contributed by atoms with Crippen LogP contribution in [0.2, 0.25) is 0 Å². The van der Waals surface area contributed by atoms with E-state index in [4.69, 9.17) is 5.26 Å². The number of nitro groups is 1. The number of amides is 1. The number of nitrogens with one attached hydrogen (secondary N) is 1. The van der Waals surface area contributed by atoms with E-state index in [9.17, 15) is 14.9 Å². The van der Waals surface area contributed by atoms with E-state index in [2.05, 4.69) is 21.2 Å². The highest BCUT2D eigenvalue weighted by atomic mass is 79.9. The fourth-order valence-electron chi connectivity index (χ4n) is 1.65. The summed E-state index contributed by atoms with van der Waals surface area (Å²) in [6.07, 6.45) is 0. The maximum absolute atomic E-state index is 12.1. The SMILES string of the molecule is N#Cc1ccc(Br)cc1NC(=O)c1ccc([N+](=O)[O-])cc1. The molecule has 2 aromatic rings. The lowest BCUT2D eigenvalue weighted by Crippen LogP contribution is -2.12. The first kappa shape index (κ1) is 14.7. The smallest absolute Gasteiger partial charge is 0.269 e. The molecule has 0 aliphatic rings. The first-order chi connectivity index (χ1) is 10.0. The maximum Gasteiger partial charge on any atom is 0.269 e. The van der Waals surface area contributed by atoms with E-state index in [1.807, 2.05) is 6.07 Å². The number of carbonyl (C=O) groups is 1. The number of hydrogen-bond donors (Lipinski definition) is 1. The number of halogens is 1. The molecule has 1 N–H and O–H groups in total.